The predicted molar refractivity (Wildman–Crippen MR) is 74.2 cm³/mol. The summed E-state index contributed by atoms with van der Waals surface area (Å²) in [6.45, 7) is 0. The second kappa shape index (κ2) is 56.9. The zero-order valence-corrected chi connectivity index (χ0v) is 30.6. The fraction of sp³-hybridized carbons (Fsp3) is 0. The molecule has 1 atom stereocenters. The van der Waals surface area contributed by atoms with Crippen LogP contribution < -0.4 is 0 Å². The molecule has 0 bridgehead atoms. The fourth-order valence-electron chi connectivity index (χ4n) is 0. The summed E-state index contributed by atoms with van der Waals surface area (Å²) in [6, 6.07) is 0. The average molecular weight is 934 g/mol. The summed E-state index contributed by atoms with van der Waals surface area (Å²) < 4.78 is 93.0. The zero-order valence-electron chi connectivity index (χ0n) is 16.0. The zero-order chi connectivity index (χ0) is 14.3. The number of hydrogen-bond acceptors (Lipinski definition) is 4. The van der Waals surface area contributed by atoms with E-state index < -0.39 is 74.5 Å². The Morgan fingerprint density at radius 3 is 0.500 bits per heavy atom. The minimum absolute atomic E-state index is 0. The molecule has 0 aromatic carbocycles. The third-order valence-corrected chi connectivity index (χ3v) is 0. The molecule has 1 unspecified atom stereocenters. The van der Waals surface area contributed by atoms with E-state index >= 15 is 0 Å². The first kappa shape index (κ1) is 63.1. The molecule has 0 aliphatic heterocycles. The monoisotopic (exact) mass is 933 g/mol. The third-order valence-electron chi connectivity index (χ3n) is 0. The van der Waals surface area contributed by atoms with Gasteiger partial charge in [-0.3, -0.25) is 0 Å². The Bertz CT molecular complexity index is 204. The Morgan fingerprint density at radius 1 is 0.500 bits per heavy atom. The van der Waals surface area contributed by atoms with E-state index in [0.29, 0.717) is 0 Å². The van der Waals surface area contributed by atoms with Gasteiger partial charge in [-0.1, -0.05) is 0 Å². The number of hydrogen-bond donors (Lipinski definition) is 8. The fourth-order valence-corrected chi connectivity index (χ4v) is 0. The molecule has 0 saturated heterocycles. The van der Waals surface area contributed by atoms with E-state index in [1.165, 1.54) is 0 Å². The van der Waals surface area contributed by atoms with Gasteiger partial charge in [-0.15, -0.1) is 0 Å². The molecule has 0 rings (SSSR count). The summed E-state index contributed by atoms with van der Waals surface area (Å²) in [5.74, 6) is 0. The van der Waals surface area contributed by atoms with E-state index in [2.05, 4.69) is 0 Å². The standard InChI is InChI=1S/AsH3.Ba.2Ga.8H2O.4O.2Sr.4Ti.12H/h1H3;;;;8*1H2;;;;;;;;;;;;;;;;;;;;;;/q;+2;;;;;;;;;;;;;;;6*+2;;;;;;;6*-1/p-8. The Kier molecular flexibility index (Phi) is 163. The first-order valence-corrected chi connectivity index (χ1v) is 10.7. The topological polar surface area (TPSA) is 230 Å². The van der Waals surface area contributed by atoms with Gasteiger partial charge in [0.25, 0.3) is 0 Å². The van der Waals surface area contributed by atoms with Crippen molar-refractivity contribution in [3.05, 3.63) is 0 Å². The van der Waals surface area contributed by atoms with Crippen molar-refractivity contribution < 1.29 is 126 Å². The second-order valence-electron chi connectivity index (χ2n) is 1.13. The summed E-state index contributed by atoms with van der Waals surface area (Å²) >= 11 is -14.3. The van der Waals surface area contributed by atoms with Crippen LogP contribution in [0.4, 0.5) is 0 Å². The van der Waals surface area contributed by atoms with Crippen LogP contribution in [0.1, 0.15) is 8.56 Å². The van der Waals surface area contributed by atoms with E-state index in [4.69, 9.17) is 42.8 Å². The SMILES string of the molecule is [AsH3].[Ba+2].[GaH3].[GaH3].[H-].[H-].[H-].[H-].[H-].[H-].[O]=[Ti]([OH])[OH].[O]=[Ti]([OH])[OH].[O]=[Ti]([OH])[OH].[O]=[Ti]([OH])[OH].[Sr+2].[Sr+2]. The molecule has 0 aromatic heterocycles. The summed E-state index contributed by atoms with van der Waals surface area (Å²) in [5.41, 5.74) is 0. The molecule has 0 aliphatic rings. The normalized spacial score (nSPS) is 4.73. The molecule has 0 heterocycles. The van der Waals surface area contributed by atoms with Gasteiger partial charge in [0.05, 0.1) is 0 Å². The van der Waals surface area contributed by atoms with E-state index in [1.54, 1.807) is 0 Å². The van der Waals surface area contributed by atoms with Crippen LogP contribution >= 0.6 is 0 Å². The largest absolute Gasteiger partial charge is 2.00 e. The van der Waals surface area contributed by atoms with Gasteiger partial charge in [-0.25, -0.2) is 0 Å². The number of rotatable bonds is 0. The quantitative estimate of drug-likeness (QED) is 0.106. The van der Waals surface area contributed by atoms with Crippen molar-refractivity contribution >= 4 is 197 Å². The van der Waals surface area contributed by atoms with Gasteiger partial charge >= 0.3 is 315 Å². The van der Waals surface area contributed by atoms with E-state index in [0.717, 1.165) is 0 Å². The maximum atomic E-state index is 8.81. The molecule has 0 saturated carbocycles. The van der Waals surface area contributed by atoms with Gasteiger partial charge < -0.3 is 8.56 Å². The smallest absolute Gasteiger partial charge is 2.00 e. The first-order valence-electron chi connectivity index (χ1n) is 2.61. The van der Waals surface area contributed by atoms with Crippen LogP contribution in [0.3, 0.4) is 0 Å². The summed E-state index contributed by atoms with van der Waals surface area (Å²) in [5, 5.41) is 0. The molecule has 0 aromatic rings. The van der Waals surface area contributed by atoms with Crippen molar-refractivity contribution in [2.24, 2.45) is 0 Å². The van der Waals surface area contributed by atoms with Gasteiger partial charge in [0.2, 0.25) is 0 Å². The van der Waals surface area contributed by atoms with Crippen LogP contribution in [0.15, 0.2) is 0 Å². The minimum Gasteiger partial charge on any atom is 2.00 e. The van der Waals surface area contributed by atoms with Gasteiger partial charge in [-0.05, 0) is 0 Å². The second-order valence-corrected chi connectivity index (χ2v) is 4.66. The molecule has 22 heteroatoms. The Balaban J connectivity index is -0.00000000429. The van der Waals surface area contributed by atoms with Gasteiger partial charge in [0.15, 0.2) is 0 Å². The summed E-state index contributed by atoms with van der Waals surface area (Å²) in [4.78, 5) is 0. The van der Waals surface area contributed by atoms with Crippen LogP contribution in [0, 0.1) is 0 Å². The van der Waals surface area contributed by atoms with Crippen LogP contribution in [0.25, 0.3) is 0 Å². The molecule has 0 amide bonds. The average Bonchev–Trinajstić information content (AvgIpc) is 1.76. The van der Waals surface area contributed by atoms with Crippen LogP contribution in [0.5, 0.6) is 0 Å². The predicted octanol–water partition coefficient (Wildman–Crippen LogP) is -8.96. The summed E-state index contributed by atoms with van der Waals surface area (Å²) in [7, 11) is 0. The minimum atomic E-state index is -3.58. The molecule has 0 aliphatic carbocycles. The maximum Gasteiger partial charge on any atom is 2.00 e. The van der Waals surface area contributed by atoms with Crippen molar-refractivity contribution in [2.75, 3.05) is 0 Å². The summed E-state index contributed by atoms with van der Waals surface area (Å²) in [6.07, 6.45) is 0. The van der Waals surface area contributed by atoms with Crippen molar-refractivity contribution in [2.45, 2.75) is 0 Å². The molecular weight excluding hydrogens is 910 g/mol. The van der Waals surface area contributed by atoms with E-state index in [-0.39, 0.29) is 206 Å². The van der Waals surface area contributed by atoms with Crippen LogP contribution in [-0.2, 0) is 87.8 Å². The molecule has 12 nitrogen and oxygen atoms in total. The molecule has 22 heavy (non-hydrogen) atoms. The van der Waals surface area contributed by atoms with Gasteiger partial charge in [0, 0.05) is 0 Å². The van der Waals surface area contributed by atoms with Gasteiger partial charge in [-0.2, -0.15) is 0 Å². The van der Waals surface area contributed by atoms with Crippen molar-refractivity contribution in [1.29, 1.82) is 0 Å². The van der Waals surface area contributed by atoms with Crippen molar-refractivity contribution in [1.82, 2.24) is 0 Å². The molecule has 0 radical (unpaired) electrons. The first-order chi connectivity index (χ1) is 6.93. The van der Waals surface area contributed by atoms with E-state index in [1.807, 2.05) is 0 Å². The van der Waals surface area contributed by atoms with Crippen molar-refractivity contribution in [3.63, 3.8) is 0 Å². The van der Waals surface area contributed by atoms with E-state index in [9.17, 15) is 0 Å². The Labute approximate surface area is 314 Å². The third kappa shape index (κ3) is 315. The molecular formula is H23AsBaGa2O12Sr2Ti4. The van der Waals surface area contributed by atoms with Crippen LogP contribution in [0.2, 0.25) is 0 Å². The molecule has 8 N–H and O–H groups in total. The maximum absolute atomic E-state index is 8.81. The molecule has 0 spiro atoms. The molecule has 0 fully saturated rings. The molecule has 128 valence electrons. The Hall–Kier alpha value is 8.10. The van der Waals surface area contributed by atoms with Crippen molar-refractivity contribution in [3.8, 4) is 0 Å². The van der Waals surface area contributed by atoms with Gasteiger partial charge in [0.1, 0.15) is 0 Å². The Morgan fingerprint density at radius 2 is 0.500 bits per heavy atom. The van der Waals surface area contributed by atoms with Crippen LogP contribution in [-0.4, -0.2) is 227 Å².